The van der Waals surface area contributed by atoms with E-state index < -0.39 is 30.3 Å². The fraction of sp³-hybridized carbons (Fsp3) is 0.395. The minimum Gasteiger partial charge on any atom is -0.482 e. The third kappa shape index (κ3) is 19.6. The number of fused-ring (bicyclic) bond motifs is 1. The molecule has 370 valence electrons. The summed E-state index contributed by atoms with van der Waals surface area (Å²) in [6.45, 7) is 1.82. The number of rotatable bonds is 19. The Hall–Kier alpha value is -7.44. The van der Waals surface area contributed by atoms with Gasteiger partial charge in [-0.15, -0.1) is 0 Å². The van der Waals surface area contributed by atoms with E-state index in [1.165, 1.54) is 0 Å². The summed E-state index contributed by atoms with van der Waals surface area (Å²) in [7, 11) is 0. The highest BCUT2D eigenvalue weighted by atomic mass is 19.4. The maximum Gasteiger partial charge on any atom is 0.490 e. The van der Waals surface area contributed by atoms with Crippen LogP contribution >= 0.6 is 0 Å². The van der Waals surface area contributed by atoms with Gasteiger partial charge in [0.2, 0.25) is 5.91 Å². The predicted molar refractivity (Wildman–Crippen MR) is 233 cm³/mol. The molecule has 25 heteroatoms. The topological polar surface area (TPSA) is 308 Å². The first-order chi connectivity index (χ1) is 32.0. The lowest BCUT2D eigenvalue weighted by Crippen LogP contribution is -2.41. The fourth-order valence-electron chi connectivity index (χ4n) is 5.95. The maximum atomic E-state index is 13.5. The number of nitrogens with two attached hydrogens (primary N) is 2. The molecule has 68 heavy (non-hydrogen) atoms. The summed E-state index contributed by atoms with van der Waals surface area (Å²) in [5, 5.41) is 35.4. The normalized spacial score (nSPS) is 13.2. The number of nitrogens with zero attached hydrogens (tertiary/aromatic N) is 1. The minimum atomic E-state index is -5.08. The van der Waals surface area contributed by atoms with E-state index in [2.05, 4.69) is 26.6 Å². The summed E-state index contributed by atoms with van der Waals surface area (Å²) in [5.74, 6) is -6.26. The molecule has 0 unspecified atom stereocenters. The molecule has 0 radical (unpaired) electrons. The van der Waals surface area contributed by atoms with Gasteiger partial charge in [-0.05, 0) is 92.6 Å². The van der Waals surface area contributed by atoms with Crippen molar-refractivity contribution >= 4 is 58.8 Å². The van der Waals surface area contributed by atoms with Crippen LogP contribution in [-0.2, 0) is 25.7 Å². The lowest BCUT2D eigenvalue weighted by Gasteiger charge is -2.24. The number of nitrogens with one attached hydrogen (secondary N) is 6. The molecule has 19 nitrogen and oxygen atoms in total. The van der Waals surface area contributed by atoms with Crippen molar-refractivity contribution in [3.63, 3.8) is 0 Å². The van der Waals surface area contributed by atoms with Gasteiger partial charge in [-0.3, -0.25) is 29.4 Å². The van der Waals surface area contributed by atoms with Crippen LogP contribution in [0.25, 0.3) is 0 Å². The largest absolute Gasteiger partial charge is 0.490 e. The number of carboxylic acid groups (broad SMARTS) is 2. The number of aliphatic carboxylic acids is 2. The number of alkyl halides is 6. The molecule has 0 spiro atoms. The van der Waals surface area contributed by atoms with Crippen LogP contribution in [0.2, 0.25) is 0 Å². The zero-order chi connectivity index (χ0) is 50.6. The number of unbranched alkanes of at least 4 members (excludes halogenated alkanes) is 3. The van der Waals surface area contributed by atoms with Gasteiger partial charge in [-0.25, -0.2) is 9.59 Å². The predicted octanol–water partition coefficient (Wildman–Crippen LogP) is 4.34. The van der Waals surface area contributed by atoms with Crippen molar-refractivity contribution in [3.05, 3.63) is 89.0 Å². The molecule has 1 aliphatic heterocycles. The molecular formula is C43H51F6N9O10. The summed E-state index contributed by atoms with van der Waals surface area (Å²) in [5.41, 5.74) is 14.4. The van der Waals surface area contributed by atoms with Gasteiger partial charge < -0.3 is 57.9 Å². The first-order valence-electron chi connectivity index (χ1n) is 20.8. The fourth-order valence-corrected chi connectivity index (χ4v) is 5.95. The molecule has 1 atom stereocenters. The van der Waals surface area contributed by atoms with Gasteiger partial charge in [0.05, 0.1) is 11.7 Å². The van der Waals surface area contributed by atoms with E-state index in [0.29, 0.717) is 72.8 Å². The second-order valence-corrected chi connectivity index (χ2v) is 15.1. The van der Waals surface area contributed by atoms with Gasteiger partial charge in [-0.2, -0.15) is 26.3 Å². The summed E-state index contributed by atoms with van der Waals surface area (Å²) in [6, 6.07) is 18.4. The first kappa shape index (κ1) is 54.9. The van der Waals surface area contributed by atoms with Crippen LogP contribution in [0.4, 0.5) is 37.7 Å². The molecule has 0 saturated heterocycles. The Labute approximate surface area is 384 Å². The van der Waals surface area contributed by atoms with E-state index in [1.54, 1.807) is 54.6 Å². The molecule has 2 aliphatic rings. The lowest BCUT2D eigenvalue weighted by molar-refractivity contribution is -0.193. The molecule has 5 amide bonds. The minimum absolute atomic E-state index is 0.0896. The molecule has 0 aromatic heterocycles. The molecule has 0 bridgehead atoms. The van der Waals surface area contributed by atoms with E-state index in [9.17, 15) is 50.3 Å². The van der Waals surface area contributed by atoms with Crippen LogP contribution in [0.1, 0.15) is 88.0 Å². The molecule has 1 aliphatic carbocycles. The Morgan fingerprint density at radius 2 is 1.34 bits per heavy atom. The molecule has 3 aromatic rings. The molecule has 3 aromatic carbocycles. The summed E-state index contributed by atoms with van der Waals surface area (Å²) in [4.78, 5) is 82.7. The van der Waals surface area contributed by atoms with Crippen LogP contribution in [0, 0.1) is 5.41 Å². The number of hydrogen-bond acceptors (Lipinski definition) is 10. The van der Waals surface area contributed by atoms with Crippen LogP contribution in [-0.4, -0.2) is 113 Å². The average Bonchev–Trinajstić information content (AvgIpc) is 4.13. The Morgan fingerprint density at radius 3 is 1.91 bits per heavy atom. The van der Waals surface area contributed by atoms with Crippen molar-refractivity contribution in [2.75, 3.05) is 36.9 Å². The van der Waals surface area contributed by atoms with E-state index in [1.807, 2.05) is 17.0 Å². The standard InChI is InChI=1S/C39H49N9O6.2C2HF3O2/c40-31(9-6-20-45-39(41)42)37(52)44-19-4-2-1-3-18-43-35(50)27-7-5-8-29(21-27)46-36(51)26-12-10-25(11-13-26)23-48(30-15-16-30)38(53)28-14-17-32-33(22-28)54-24-34(49)47-32;2*3-2(4,5)1(6)7/h5,7-8,10-14,17,21-22,30-31H,1-4,6,9,15-16,18-20,23-24,40H2,(H,43,50)(H,44,52)(H,46,51)(H,47,49)(H4,41,42,45);2*(H,6,7)/t31-;;/m0../s1. The number of hydrogen-bond donors (Lipinski definition) is 10. The summed E-state index contributed by atoms with van der Waals surface area (Å²) in [6.07, 6.45) is -3.82. The second kappa shape index (κ2) is 26.0. The van der Waals surface area contributed by atoms with Gasteiger partial charge in [0.15, 0.2) is 12.6 Å². The number of halogens is 6. The Morgan fingerprint density at radius 1 is 0.765 bits per heavy atom. The van der Waals surface area contributed by atoms with Crippen LogP contribution in [0.15, 0.2) is 66.7 Å². The van der Waals surface area contributed by atoms with Crippen LogP contribution < -0.4 is 42.8 Å². The van der Waals surface area contributed by atoms with Crippen molar-refractivity contribution in [1.29, 1.82) is 5.41 Å². The Balaban J connectivity index is 0.000000759. The third-order valence-electron chi connectivity index (χ3n) is 9.58. The number of amides is 5. The Bertz CT molecular complexity index is 2230. The van der Waals surface area contributed by atoms with Gasteiger partial charge in [0.25, 0.3) is 23.6 Å². The molecule has 1 fully saturated rings. The van der Waals surface area contributed by atoms with Crippen molar-refractivity contribution in [2.24, 2.45) is 11.5 Å². The number of carbonyl (C=O) groups is 7. The monoisotopic (exact) mass is 967 g/mol. The number of carbonyl (C=O) groups excluding carboxylic acids is 5. The summed E-state index contributed by atoms with van der Waals surface area (Å²) < 4.78 is 69.0. The summed E-state index contributed by atoms with van der Waals surface area (Å²) >= 11 is 0. The van der Waals surface area contributed by atoms with E-state index in [4.69, 9.17) is 41.4 Å². The molecule has 12 N–H and O–H groups in total. The highest BCUT2D eigenvalue weighted by Crippen LogP contribution is 2.33. The molecule has 5 rings (SSSR count). The van der Waals surface area contributed by atoms with Crippen LogP contribution in [0.5, 0.6) is 5.75 Å². The smallest absolute Gasteiger partial charge is 0.482 e. The van der Waals surface area contributed by atoms with E-state index in [-0.39, 0.29) is 48.1 Å². The molecule has 1 heterocycles. The number of anilines is 2. The van der Waals surface area contributed by atoms with Crippen molar-refractivity contribution in [3.8, 4) is 5.75 Å². The molecule has 1 saturated carbocycles. The number of carboxylic acids is 2. The molecular weight excluding hydrogens is 917 g/mol. The average molecular weight is 968 g/mol. The highest BCUT2D eigenvalue weighted by molar-refractivity contribution is 6.05. The zero-order valence-electron chi connectivity index (χ0n) is 36.2. The Kier molecular flexibility index (Phi) is 21.0. The zero-order valence-corrected chi connectivity index (χ0v) is 36.2. The van der Waals surface area contributed by atoms with Gasteiger partial charge >= 0.3 is 24.3 Å². The van der Waals surface area contributed by atoms with Gasteiger partial charge in [-0.1, -0.05) is 31.0 Å². The van der Waals surface area contributed by atoms with Crippen LogP contribution in [0.3, 0.4) is 0 Å². The van der Waals surface area contributed by atoms with E-state index >= 15 is 0 Å². The number of ether oxygens (including phenoxy) is 1. The van der Waals surface area contributed by atoms with Crippen molar-refractivity contribution < 1.29 is 74.9 Å². The van der Waals surface area contributed by atoms with E-state index in [0.717, 1.165) is 44.1 Å². The van der Waals surface area contributed by atoms with Gasteiger partial charge in [0.1, 0.15) is 5.75 Å². The van der Waals surface area contributed by atoms with Crippen molar-refractivity contribution in [2.45, 2.75) is 82.3 Å². The number of benzene rings is 3. The lowest BCUT2D eigenvalue weighted by atomic mass is 10.1. The quantitative estimate of drug-likeness (QED) is 0.0347. The van der Waals surface area contributed by atoms with Crippen molar-refractivity contribution in [1.82, 2.24) is 20.9 Å². The number of guanidine groups is 1. The first-order valence-corrected chi connectivity index (χ1v) is 20.8. The third-order valence-corrected chi connectivity index (χ3v) is 9.58. The second-order valence-electron chi connectivity index (χ2n) is 15.1. The SMILES string of the molecule is N=C(N)NCCC[C@H](N)C(=O)NCCCCCCNC(=O)c1cccc(NC(=O)c2ccc(CN(C(=O)c3ccc4c(c3)OCC(=O)N4)C3CC3)cc2)c1.O=C(O)C(F)(F)F.O=C(O)C(F)(F)F. The maximum absolute atomic E-state index is 13.5. The highest BCUT2D eigenvalue weighted by Gasteiger charge is 2.39. The van der Waals surface area contributed by atoms with Gasteiger partial charge in [0, 0.05) is 54.6 Å².